The van der Waals surface area contributed by atoms with Crippen LogP contribution in [0.1, 0.15) is 11.1 Å². The highest BCUT2D eigenvalue weighted by Crippen LogP contribution is 2.04. The van der Waals surface area contributed by atoms with Crippen molar-refractivity contribution in [3.05, 3.63) is 71.8 Å². The monoisotopic (exact) mass is 320 g/mol. The van der Waals surface area contributed by atoms with Gasteiger partial charge in [-0.25, -0.2) is 0 Å². The molecule has 0 radical (unpaired) electrons. The fraction of sp³-hybridized carbons (Fsp3) is 0.333. The molecule has 2 aromatic carbocycles. The van der Waals surface area contributed by atoms with Gasteiger partial charge >= 0.3 is 0 Å². The lowest BCUT2D eigenvalue weighted by Crippen LogP contribution is -2.43. The largest absolute Gasteiger partial charge is 0.390 e. The average Bonchev–Trinajstić information content (AvgIpc) is 2.53. The minimum atomic E-state index is -0.527. The van der Waals surface area contributed by atoms with Crippen molar-refractivity contribution >= 4 is 12.4 Å². The quantitative estimate of drug-likeness (QED) is 0.653. The Bertz CT molecular complexity index is 507. The number of halogens is 1. The topological polar surface area (TPSA) is 58.3 Å². The van der Waals surface area contributed by atoms with Gasteiger partial charge in [0.1, 0.15) is 0 Å². The smallest absolute Gasteiger partial charge is 0.0818 e. The van der Waals surface area contributed by atoms with Gasteiger partial charge < -0.3 is 16.2 Å². The Labute approximate surface area is 139 Å². The van der Waals surface area contributed by atoms with Gasteiger partial charge in [-0.3, -0.25) is 0 Å². The molecule has 0 aliphatic heterocycles. The molecule has 0 heterocycles. The van der Waals surface area contributed by atoms with Crippen LogP contribution in [0.15, 0.2) is 60.7 Å². The van der Waals surface area contributed by atoms with Crippen LogP contribution in [0.5, 0.6) is 0 Å². The predicted octanol–water partition coefficient (Wildman–Crippen LogP) is 2.17. The molecule has 2 aromatic rings. The van der Waals surface area contributed by atoms with Crippen LogP contribution in [-0.4, -0.2) is 30.3 Å². The summed E-state index contributed by atoms with van der Waals surface area (Å²) >= 11 is 0. The van der Waals surface area contributed by atoms with Gasteiger partial charge in [-0.15, -0.1) is 12.4 Å². The van der Waals surface area contributed by atoms with E-state index < -0.39 is 6.10 Å². The van der Waals surface area contributed by atoms with E-state index in [1.54, 1.807) is 0 Å². The van der Waals surface area contributed by atoms with Crippen molar-refractivity contribution in [1.82, 2.24) is 5.32 Å². The number of nitrogens with two attached hydrogens (primary N) is 1. The van der Waals surface area contributed by atoms with E-state index >= 15 is 0 Å². The zero-order chi connectivity index (χ0) is 14.9. The van der Waals surface area contributed by atoms with Crippen LogP contribution >= 0.6 is 12.4 Å². The van der Waals surface area contributed by atoms with E-state index in [1.807, 2.05) is 48.5 Å². The number of hydrogen-bond donors (Lipinski definition) is 3. The summed E-state index contributed by atoms with van der Waals surface area (Å²) in [4.78, 5) is 0. The zero-order valence-electron chi connectivity index (χ0n) is 12.7. The van der Waals surface area contributed by atoms with E-state index in [0.29, 0.717) is 13.0 Å². The Morgan fingerprint density at radius 3 is 2.05 bits per heavy atom. The van der Waals surface area contributed by atoms with Crippen LogP contribution in [-0.2, 0) is 12.8 Å². The SMILES string of the molecule is Cl.N[C@H](Cc1ccccc1)[C@@H](O)CNCCc1ccccc1. The first-order chi connectivity index (χ1) is 10.3. The van der Waals surface area contributed by atoms with E-state index in [9.17, 15) is 5.11 Å². The summed E-state index contributed by atoms with van der Waals surface area (Å²) in [5.74, 6) is 0. The van der Waals surface area contributed by atoms with Crippen molar-refractivity contribution in [2.24, 2.45) is 5.73 Å². The second-order valence-electron chi connectivity index (χ2n) is 5.36. The van der Waals surface area contributed by atoms with Gasteiger partial charge in [0.05, 0.1) is 6.10 Å². The fourth-order valence-electron chi connectivity index (χ4n) is 2.30. The first kappa shape index (κ1) is 18.7. The lowest BCUT2D eigenvalue weighted by atomic mass is 10.0. The fourth-order valence-corrected chi connectivity index (χ4v) is 2.30. The number of rotatable bonds is 8. The second kappa shape index (κ2) is 10.4. The molecule has 0 saturated carbocycles. The molecular weight excluding hydrogens is 296 g/mol. The van der Waals surface area contributed by atoms with Crippen molar-refractivity contribution < 1.29 is 5.11 Å². The molecule has 0 bridgehead atoms. The summed E-state index contributed by atoms with van der Waals surface area (Å²) in [6, 6.07) is 20.1. The minimum absolute atomic E-state index is 0. The molecule has 0 aliphatic rings. The number of nitrogens with one attached hydrogen (secondary N) is 1. The molecule has 22 heavy (non-hydrogen) atoms. The molecule has 0 aromatic heterocycles. The van der Waals surface area contributed by atoms with E-state index in [4.69, 9.17) is 5.73 Å². The van der Waals surface area contributed by atoms with E-state index in [2.05, 4.69) is 17.4 Å². The molecule has 0 saturated heterocycles. The molecule has 2 atom stereocenters. The Morgan fingerprint density at radius 1 is 0.909 bits per heavy atom. The van der Waals surface area contributed by atoms with Crippen LogP contribution in [0.3, 0.4) is 0 Å². The van der Waals surface area contributed by atoms with Gasteiger partial charge in [-0.1, -0.05) is 60.7 Å². The Balaban J connectivity index is 0.00000242. The first-order valence-electron chi connectivity index (χ1n) is 7.48. The lowest BCUT2D eigenvalue weighted by molar-refractivity contribution is 0.142. The average molecular weight is 321 g/mol. The number of aliphatic hydroxyl groups is 1. The van der Waals surface area contributed by atoms with Crippen LogP contribution in [0, 0.1) is 0 Å². The van der Waals surface area contributed by atoms with Gasteiger partial charge in [0, 0.05) is 12.6 Å². The highest BCUT2D eigenvalue weighted by atomic mass is 35.5. The maximum atomic E-state index is 10.1. The molecule has 4 N–H and O–H groups in total. The van der Waals surface area contributed by atoms with E-state index in [0.717, 1.165) is 18.5 Å². The summed E-state index contributed by atoms with van der Waals surface area (Å²) in [6.07, 6.45) is 1.13. The third kappa shape index (κ3) is 6.58. The van der Waals surface area contributed by atoms with Crippen LogP contribution < -0.4 is 11.1 Å². The predicted molar refractivity (Wildman–Crippen MR) is 94.4 cm³/mol. The van der Waals surface area contributed by atoms with E-state index in [1.165, 1.54) is 5.56 Å². The summed E-state index contributed by atoms with van der Waals surface area (Å²) in [6.45, 7) is 1.37. The standard InChI is InChI=1S/C18H24N2O.ClH/c19-17(13-16-9-5-2-6-10-16)18(21)14-20-12-11-15-7-3-1-4-8-15;/h1-10,17-18,20-21H,11-14,19H2;1H/t17-,18+;/m1./s1. The highest BCUT2D eigenvalue weighted by molar-refractivity contribution is 5.85. The van der Waals surface area contributed by atoms with Crippen LogP contribution in [0.4, 0.5) is 0 Å². The van der Waals surface area contributed by atoms with Crippen molar-refractivity contribution in [1.29, 1.82) is 0 Å². The highest BCUT2D eigenvalue weighted by Gasteiger charge is 2.14. The minimum Gasteiger partial charge on any atom is -0.390 e. The Morgan fingerprint density at radius 2 is 1.45 bits per heavy atom. The summed E-state index contributed by atoms with van der Waals surface area (Å²) in [7, 11) is 0. The van der Waals surface area contributed by atoms with Crippen molar-refractivity contribution in [3.63, 3.8) is 0 Å². The molecule has 0 amide bonds. The van der Waals surface area contributed by atoms with Gasteiger partial charge in [0.2, 0.25) is 0 Å². The summed E-state index contributed by atoms with van der Waals surface area (Å²) in [5, 5.41) is 13.4. The molecule has 0 fully saturated rings. The maximum absolute atomic E-state index is 10.1. The second-order valence-corrected chi connectivity index (χ2v) is 5.36. The lowest BCUT2D eigenvalue weighted by Gasteiger charge is -2.19. The Hall–Kier alpha value is -1.39. The molecule has 0 aliphatic carbocycles. The number of aliphatic hydroxyl groups excluding tert-OH is 1. The third-order valence-corrected chi connectivity index (χ3v) is 3.60. The van der Waals surface area contributed by atoms with Crippen LogP contribution in [0.25, 0.3) is 0 Å². The summed E-state index contributed by atoms with van der Waals surface area (Å²) in [5.41, 5.74) is 8.51. The van der Waals surface area contributed by atoms with Crippen molar-refractivity contribution in [3.8, 4) is 0 Å². The van der Waals surface area contributed by atoms with Crippen molar-refractivity contribution in [2.45, 2.75) is 25.0 Å². The van der Waals surface area contributed by atoms with E-state index in [-0.39, 0.29) is 18.4 Å². The Kier molecular flexibility index (Phi) is 8.78. The first-order valence-corrected chi connectivity index (χ1v) is 7.48. The zero-order valence-corrected chi connectivity index (χ0v) is 13.5. The molecule has 2 rings (SSSR count). The molecule has 120 valence electrons. The van der Waals surface area contributed by atoms with Gasteiger partial charge in [0.15, 0.2) is 0 Å². The molecule has 4 heteroatoms. The molecule has 0 spiro atoms. The third-order valence-electron chi connectivity index (χ3n) is 3.60. The maximum Gasteiger partial charge on any atom is 0.0818 e. The van der Waals surface area contributed by atoms with Gasteiger partial charge in [0.25, 0.3) is 0 Å². The number of hydrogen-bond acceptors (Lipinski definition) is 3. The van der Waals surface area contributed by atoms with Gasteiger partial charge in [-0.2, -0.15) is 0 Å². The number of benzene rings is 2. The summed E-state index contributed by atoms with van der Waals surface area (Å²) < 4.78 is 0. The molecule has 0 unspecified atom stereocenters. The van der Waals surface area contributed by atoms with Crippen LogP contribution in [0.2, 0.25) is 0 Å². The molecular formula is C18H25ClN2O. The van der Waals surface area contributed by atoms with Crippen molar-refractivity contribution in [2.75, 3.05) is 13.1 Å². The normalized spacial score (nSPS) is 13.2. The molecule has 3 nitrogen and oxygen atoms in total. The van der Waals surface area contributed by atoms with Gasteiger partial charge in [-0.05, 0) is 30.5 Å².